The Morgan fingerprint density at radius 2 is 1.97 bits per heavy atom. The number of hydrogen-bond donors (Lipinski definition) is 1. The van der Waals surface area contributed by atoms with Crippen molar-refractivity contribution in [3.05, 3.63) is 22.5 Å². The van der Waals surface area contributed by atoms with Crippen LogP contribution in [0.5, 0.6) is 0 Å². The standard InChI is InChI=1S/C22H35ClN4O2/c1-17(2)15-27-21(23)19(18(3)25-27)7-8-20(28)24-16-22(9-13-29-14-10-22)26-11-5-4-6-12-26/h7-8,17H,4-6,9-16H2,1-3H3,(H,24,28)/b8-7+. The third-order valence-electron chi connectivity index (χ3n) is 6.09. The third-order valence-corrected chi connectivity index (χ3v) is 6.49. The first-order chi connectivity index (χ1) is 13.9. The molecule has 2 aliphatic heterocycles. The normalized spacial score (nSPS) is 20.4. The zero-order valence-electron chi connectivity index (χ0n) is 18.0. The number of nitrogens with one attached hydrogen (secondary N) is 1. The average molecular weight is 423 g/mol. The summed E-state index contributed by atoms with van der Waals surface area (Å²) in [6, 6.07) is 0. The van der Waals surface area contributed by atoms with Gasteiger partial charge in [-0.25, -0.2) is 0 Å². The molecule has 3 heterocycles. The van der Waals surface area contributed by atoms with Gasteiger partial charge >= 0.3 is 0 Å². The topological polar surface area (TPSA) is 59.4 Å². The molecule has 1 amide bonds. The van der Waals surface area contributed by atoms with Gasteiger partial charge in [0.05, 0.1) is 5.69 Å². The number of aromatic nitrogens is 2. The van der Waals surface area contributed by atoms with E-state index in [1.807, 2.05) is 11.6 Å². The van der Waals surface area contributed by atoms with Gasteiger partial charge in [-0.15, -0.1) is 0 Å². The molecule has 0 bridgehead atoms. The number of hydrogen-bond acceptors (Lipinski definition) is 4. The molecule has 1 N–H and O–H groups in total. The fourth-order valence-corrected chi connectivity index (χ4v) is 4.72. The molecule has 0 unspecified atom stereocenters. The molecule has 29 heavy (non-hydrogen) atoms. The van der Waals surface area contributed by atoms with Crippen LogP contribution in [0.3, 0.4) is 0 Å². The molecule has 0 aromatic carbocycles. The highest BCUT2D eigenvalue weighted by Gasteiger charge is 2.39. The Kier molecular flexibility index (Phi) is 7.77. The molecule has 7 heteroatoms. The summed E-state index contributed by atoms with van der Waals surface area (Å²) >= 11 is 6.48. The molecule has 0 spiro atoms. The van der Waals surface area contributed by atoms with Crippen molar-refractivity contribution in [2.75, 3.05) is 32.8 Å². The molecule has 0 radical (unpaired) electrons. The van der Waals surface area contributed by atoms with Crippen LogP contribution < -0.4 is 5.32 Å². The Morgan fingerprint density at radius 1 is 1.28 bits per heavy atom. The summed E-state index contributed by atoms with van der Waals surface area (Å²) in [6.07, 6.45) is 9.12. The second-order valence-electron chi connectivity index (χ2n) is 8.80. The lowest BCUT2D eigenvalue weighted by atomic mass is 9.86. The van der Waals surface area contributed by atoms with Gasteiger partial charge < -0.3 is 10.1 Å². The highest BCUT2D eigenvalue weighted by molar-refractivity contribution is 6.31. The maximum Gasteiger partial charge on any atom is 0.244 e. The number of carbonyl (C=O) groups excluding carboxylic acids is 1. The highest BCUT2D eigenvalue weighted by atomic mass is 35.5. The number of likely N-dealkylation sites (tertiary alicyclic amines) is 1. The van der Waals surface area contributed by atoms with E-state index in [9.17, 15) is 4.79 Å². The smallest absolute Gasteiger partial charge is 0.244 e. The quantitative estimate of drug-likeness (QED) is 0.681. The van der Waals surface area contributed by atoms with Crippen molar-refractivity contribution >= 4 is 23.6 Å². The monoisotopic (exact) mass is 422 g/mol. The first-order valence-electron chi connectivity index (χ1n) is 10.9. The highest BCUT2D eigenvalue weighted by Crippen LogP contribution is 2.30. The molecule has 2 saturated heterocycles. The molecule has 2 aliphatic rings. The molecule has 3 rings (SSSR count). The zero-order chi connectivity index (χ0) is 20.9. The number of ether oxygens (including phenoxy) is 1. The van der Waals surface area contributed by atoms with Crippen molar-refractivity contribution in [2.45, 2.75) is 65.0 Å². The molecule has 1 aromatic heterocycles. The van der Waals surface area contributed by atoms with E-state index in [1.165, 1.54) is 19.3 Å². The number of nitrogens with zero attached hydrogens (tertiary/aromatic N) is 3. The van der Waals surface area contributed by atoms with Crippen LogP contribution >= 0.6 is 11.6 Å². The number of amides is 1. The minimum Gasteiger partial charge on any atom is -0.381 e. The van der Waals surface area contributed by atoms with E-state index < -0.39 is 0 Å². The molecule has 6 nitrogen and oxygen atoms in total. The van der Waals surface area contributed by atoms with E-state index >= 15 is 0 Å². The number of piperidine rings is 1. The summed E-state index contributed by atoms with van der Waals surface area (Å²) in [5.41, 5.74) is 1.69. The van der Waals surface area contributed by atoms with Gasteiger partial charge in [0.15, 0.2) is 0 Å². The largest absolute Gasteiger partial charge is 0.381 e. The fraction of sp³-hybridized carbons (Fsp3) is 0.727. The van der Waals surface area contributed by atoms with Gasteiger partial charge in [0.2, 0.25) is 5.91 Å². The minimum absolute atomic E-state index is 0.0257. The maximum absolute atomic E-state index is 12.6. The van der Waals surface area contributed by atoms with Crippen molar-refractivity contribution in [1.29, 1.82) is 0 Å². The summed E-state index contributed by atoms with van der Waals surface area (Å²) in [7, 11) is 0. The van der Waals surface area contributed by atoms with E-state index in [0.29, 0.717) is 17.6 Å². The first-order valence-corrected chi connectivity index (χ1v) is 11.3. The van der Waals surface area contributed by atoms with Crippen LogP contribution in [0.4, 0.5) is 0 Å². The van der Waals surface area contributed by atoms with Crippen LogP contribution in [0.15, 0.2) is 6.08 Å². The number of halogens is 1. The Labute approximate surface area is 179 Å². The van der Waals surface area contributed by atoms with E-state index in [2.05, 4.69) is 29.2 Å². The molecule has 1 aromatic rings. The summed E-state index contributed by atoms with van der Waals surface area (Å²) in [4.78, 5) is 15.2. The van der Waals surface area contributed by atoms with Crippen molar-refractivity contribution in [1.82, 2.24) is 20.0 Å². The molecule has 0 saturated carbocycles. The average Bonchev–Trinajstić information content (AvgIpc) is 2.98. The lowest BCUT2D eigenvalue weighted by Crippen LogP contribution is -2.59. The predicted molar refractivity (Wildman–Crippen MR) is 117 cm³/mol. The number of carbonyl (C=O) groups is 1. The summed E-state index contributed by atoms with van der Waals surface area (Å²) in [5.74, 6) is 0.373. The Balaban J connectivity index is 1.63. The second-order valence-corrected chi connectivity index (χ2v) is 9.16. The lowest BCUT2D eigenvalue weighted by molar-refractivity contribution is -0.118. The Hall–Kier alpha value is -1.37. The minimum atomic E-state index is -0.0834. The second kappa shape index (κ2) is 10.1. The van der Waals surface area contributed by atoms with Crippen LogP contribution in [-0.4, -0.2) is 59.0 Å². The Morgan fingerprint density at radius 3 is 2.62 bits per heavy atom. The fourth-order valence-electron chi connectivity index (χ4n) is 4.42. The van der Waals surface area contributed by atoms with Crippen LogP contribution in [0.1, 0.15) is 57.2 Å². The van der Waals surface area contributed by atoms with E-state index in [4.69, 9.17) is 16.3 Å². The van der Waals surface area contributed by atoms with E-state index in [-0.39, 0.29) is 11.4 Å². The van der Waals surface area contributed by atoms with Crippen LogP contribution in [0, 0.1) is 12.8 Å². The number of aryl methyl sites for hydroxylation is 1. The van der Waals surface area contributed by atoms with Crippen molar-refractivity contribution in [2.24, 2.45) is 5.92 Å². The van der Waals surface area contributed by atoms with Gasteiger partial charge in [0.1, 0.15) is 5.15 Å². The van der Waals surface area contributed by atoms with Crippen LogP contribution in [0.2, 0.25) is 5.15 Å². The first kappa shape index (κ1) is 22.3. The molecule has 0 aliphatic carbocycles. The molecular formula is C22H35ClN4O2. The lowest BCUT2D eigenvalue weighted by Gasteiger charge is -2.48. The SMILES string of the molecule is Cc1nn(CC(C)C)c(Cl)c1/C=C/C(=O)NCC1(N2CCCCC2)CCOCC1. The van der Waals surface area contributed by atoms with Gasteiger partial charge in [-0.05, 0) is 57.7 Å². The van der Waals surface area contributed by atoms with E-state index in [0.717, 1.165) is 56.9 Å². The third kappa shape index (κ3) is 5.62. The Bertz CT molecular complexity index is 717. The molecular weight excluding hydrogens is 388 g/mol. The van der Waals surface area contributed by atoms with Crippen LogP contribution in [-0.2, 0) is 16.1 Å². The van der Waals surface area contributed by atoms with Crippen molar-refractivity contribution in [3.8, 4) is 0 Å². The molecule has 162 valence electrons. The van der Waals surface area contributed by atoms with Crippen molar-refractivity contribution in [3.63, 3.8) is 0 Å². The molecule has 0 atom stereocenters. The van der Waals surface area contributed by atoms with Gasteiger partial charge in [0, 0.05) is 43.5 Å². The predicted octanol–water partition coefficient (Wildman–Crippen LogP) is 3.67. The van der Waals surface area contributed by atoms with Gasteiger partial charge in [0.25, 0.3) is 0 Å². The summed E-state index contributed by atoms with van der Waals surface area (Å²) < 4.78 is 7.42. The summed E-state index contributed by atoms with van der Waals surface area (Å²) in [5, 5.41) is 8.24. The summed E-state index contributed by atoms with van der Waals surface area (Å²) in [6.45, 7) is 11.4. The van der Waals surface area contributed by atoms with Gasteiger partial charge in [-0.1, -0.05) is 31.9 Å². The zero-order valence-corrected chi connectivity index (χ0v) is 18.8. The number of rotatable bonds is 7. The maximum atomic E-state index is 12.6. The van der Waals surface area contributed by atoms with Crippen LogP contribution in [0.25, 0.3) is 6.08 Å². The van der Waals surface area contributed by atoms with Gasteiger partial charge in [-0.2, -0.15) is 5.10 Å². The molecule has 2 fully saturated rings. The van der Waals surface area contributed by atoms with Gasteiger partial charge in [-0.3, -0.25) is 14.4 Å². The van der Waals surface area contributed by atoms with Crippen molar-refractivity contribution < 1.29 is 9.53 Å². The van der Waals surface area contributed by atoms with E-state index in [1.54, 1.807) is 12.2 Å².